The topological polar surface area (TPSA) is 85.1 Å². The van der Waals surface area contributed by atoms with Crippen molar-refractivity contribution < 1.29 is 9.72 Å². The molecule has 0 aliphatic carbocycles. The van der Waals surface area contributed by atoms with Gasteiger partial charge in [-0.1, -0.05) is 25.4 Å². The molecule has 0 aliphatic rings. The number of nitrogens with one attached hydrogen (secondary N) is 1. The first-order valence-electron chi connectivity index (χ1n) is 6.09. The van der Waals surface area contributed by atoms with Crippen molar-refractivity contribution in [1.29, 1.82) is 0 Å². The summed E-state index contributed by atoms with van der Waals surface area (Å²) in [6, 6.07) is 3.85. The van der Waals surface area contributed by atoms with Crippen molar-refractivity contribution in [2.75, 3.05) is 5.32 Å². The van der Waals surface area contributed by atoms with Gasteiger partial charge in [0.1, 0.15) is 5.56 Å². The SMILES string of the molecule is CC(C)c1csc(NC(=O)c2cc(Cl)ccc2[N+](=O)[O-])n1. The number of carbonyl (C=O) groups excluding carboxylic acids is 1. The van der Waals surface area contributed by atoms with Crippen molar-refractivity contribution in [3.8, 4) is 0 Å². The van der Waals surface area contributed by atoms with Crippen LogP contribution < -0.4 is 5.32 Å². The van der Waals surface area contributed by atoms with Gasteiger partial charge in [0.05, 0.1) is 10.6 Å². The van der Waals surface area contributed by atoms with Crippen LogP contribution in [0.4, 0.5) is 10.8 Å². The lowest BCUT2D eigenvalue weighted by molar-refractivity contribution is -0.385. The standard InChI is InChI=1S/C13H12ClN3O3S/c1-7(2)10-6-21-13(15-10)16-12(18)9-5-8(14)3-4-11(9)17(19)20/h3-7H,1-2H3,(H,15,16,18). The van der Waals surface area contributed by atoms with Crippen LogP contribution in [0.5, 0.6) is 0 Å². The Balaban J connectivity index is 2.27. The molecule has 6 nitrogen and oxygen atoms in total. The molecule has 21 heavy (non-hydrogen) atoms. The van der Waals surface area contributed by atoms with Crippen LogP contribution in [0.15, 0.2) is 23.6 Å². The Morgan fingerprint density at radius 2 is 2.19 bits per heavy atom. The van der Waals surface area contributed by atoms with Gasteiger partial charge >= 0.3 is 0 Å². The Labute approximate surface area is 129 Å². The molecule has 0 atom stereocenters. The fourth-order valence-electron chi connectivity index (χ4n) is 1.62. The number of nitrogens with zero attached hydrogens (tertiary/aromatic N) is 2. The van der Waals surface area contributed by atoms with Crippen LogP contribution in [0.1, 0.15) is 35.8 Å². The van der Waals surface area contributed by atoms with Crippen LogP contribution in [-0.4, -0.2) is 15.8 Å². The maximum absolute atomic E-state index is 12.2. The van der Waals surface area contributed by atoms with E-state index in [1.54, 1.807) is 0 Å². The summed E-state index contributed by atoms with van der Waals surface area (Å²) in [4.78, 5) is 26.8. The van der Waals surface area contributed by atoms with Gasteiger partial charge in [-0.15, -0.1) is 11.3 Å². The highest BCUT2D eigenvalue weighted by Gasteiger charge is 2.21. The first-order valence-corrected chi connectivity index (χ1v) is 7.35. The van der Waals surface area contributed by atoms with Gasteiger partial charge in [0, 0.05) is 16.5 Å². The summed E-state index contributed by atoms with van der Waals surface area (Å²) in [7, 11) is 0. The van der Waals surface area contributed by atoms with E-state index in [1.165, 1.54) is 29.5 Å². The second-order valence-corrected chi connectivity index (χ2v) is 5.90. The largest absolute Gasteiger partial charge is 0.298 e. The Morgan fingerprint density at radius 1 is 1.48 bits per heavy atom. The Bertz CT molecular complexity index is 700. The zero-order chi connectivity index (χ0) is 15.6. The minimum Gasteiger partial charge on any atom is -0.298 e. The number of thiazole rings is 1. The molecule has 8 heteroatoms. The average Bonchev–Trinajstić information content (AvgIpc) is 2.86. The van der Waals surface area contributed by atoms with Crippen molar-refractivity contribution in [3.05, 3.63) is 50.0 Å². The number of rotatable bonds is 4. The maximum atomic E-state index is 12.2. The van der Waals surface area contributed by atoms with Gasteiger partial charge in [0.25, 0.3) is 11.6 Å². The Hall–Kier alpha value is -1.99. The van der Waals surface area contributed by atoms with E-state index in [4.69, 9.17) is 11.6 Å². The summed E-state index contributed by atoms with van der Waals surface area (Å²) in [5, 5.41) is 16.0. The van der Waals surface area contributed by atoms with Crippen LogP contribution in [0.3, 0.4) is 0 Å². The smallest absolute Gasteiger partial charge is 0.282 e. The molecule has 110 valence electrons. The Kier molecular flexibility index (Phi) is 4.54. The summed E-state index contributed by atoms with van der Waals surface area (Å²) in [5.74, 6) is -0.360. The molecule has 0 saturated carbocycles. The average molecular weight is 326 g/mol. The lowest BCUT2D eigenvalue weighted by Crippen LogP contribution is -2.14. The number of benzene rings is 1. The number of hydrogen-bond donors (Lipinski definition) is 1. The number of aromatic nitrogens is 1. The predicted octanol–water partition coefficient (Wildman–Crippen LogP) is 4.08. The summed E-state index contributed by atoms with van der Waals surface area (Å²) in [6.07, 6.45) is 0. The molecular weight excluding hydrogens is 314 g/mol. The van der Waals surface area contributed by atoms with Gasteiger partial charge in [-0.2, -0.15) is 0 Å². The molecule has 0 aliphatic heterocycles. The van der Waals surface area contributed by atoms with E-state index in [0.29, 0.717) is 5.13 Å². The van der Waals surface area contributed by atoms with E-state index < -0.39 is 10.8 Å². The van der Waals surface area contributed by atoms with E-state index in [-0.39, 0.29) is 22.2 Å². The van der Waals surface area contributed by atoms with Crippen LogP contribution in [0, 0.1) is 10.1 Å². The lowest BCUT2D eigenvalue weighted by Gasteiger charge is -2.04. The number of hydrogen-bond acceptors (Lipinski definition) is 5. The predicted molar refractivity (Wildman–Crippen MR) is 82.3 cm³/mol. The zero-order valence-electron chi connectivity index (χ0n) is 11.3. The minimum absolute atomic E-state index is 0.0891. The molecule has 1 amide bonds. The van der Waals surface area contributed by atoms with Gasteiger partial charge < -0.3 is 0 Å². The molecule has 1 aromatic heterocycles. The number of amides is 1. The van der Waals surface area contributed by atoms with Crippen molar-refractivity contribution in [1.82, 2.24) is 4.98 Å². The number of anilines is 1. The van der Waals surface area contributed by atoms with Gasteiger partial charge in [0.2, 0.25) is 0 Å². The molecule has 0 radical (unpaired) electrons. The lowest BCUT2D eigenvalue weighted by atomic mass is 10.1. The van der Waals surface area contributed by atoms with E-state index in [0.717, 1.165) is 5.69 Å². The first-order chi connectivity index (χ1) is 9.88. The summed E-state index contributed by atoms with van der Waals surface area (Å²) >= 11 is 7.07. The van der Waals surface area contributed by atoms with Crippen LogP contribution in [0.25, 0.3) is 0 Å². The third kappa shape index (κ3) is 3.56. The fraction of sp³-hybridized carbons (Fsp3) is 0.231. The van der Waals surface area contributed by atoms with E-state index >= 15 is 0 Å². The minimum atomic E-state index is -0.618. The van der Waals surface area contributed by atoms with Gasteiger partial charge in [-0.3, -0.25) is 20.2 Å². The van der Waals surface area contributed by atoms with Crippen LogP contribution >= 0.6 is 22.9 Å². The summed E-state index contributed by atoms with van der Waals surface area (Å²) in [5.41, 5.74) is 0.474. The number of nitro benzene ring substituents is 1. The van der Waals surface area contributed by atoms with E-state index in [1.807, 2.05) is 19.2 Å². The molecule has 0 saturated heterocycles. The maximum Gasteiger partial charge on any atom is 0.282 e. The number of nitro groups is 1. The van der Waals surface area contributed by atoms with Crippen LogP contribution in [0.2, 0.25) is 5.02 Å². The normalized spacial score (nSPS) is 10.7. The van der Waals surface area contributed by atoms with Crippen molar-refractivity contribution >= 4 is 39.7 Å². The van der Waals surface area contributed by atoms with Crippen LogP contribution in [-0.2, 0) is 0 Å². The molecule has 1 aromatic carbocycles. The van der Waals surface area contributed by atoms with E-state index in [2.05, 4.69) is 10.3 Å². The molecule has 2 rings (SSSR count). The number of carbonyl (C=O) groups is 1. The molecule has 0 bridgehead atoms. The second-order valence-electron chi connectivity index (χ2n) is 4.60. The van der Waals surface area contributed by atoms with E-state index in [9.17, 15) is 14.9 Å². The zero-order valence-corrected chi connectivity index (χ0v) is 12.9. The Morgan fingerprint density at radius 3 is 2.76 bits per heavy atom. The third-order valence-corrected chi connectivity index (χ3v) is 3.74. The summed E-state index contributed by atoms with van der Waals surface area (Å²) < 4.78 is 0. The number of halogens is 1. The highest BCUT2D eigenvalue weighted by atomic mass is 35.5. The van der Waals surface area contributed by atoms with Gasteiger partial charge in [-0.05, 0) is 18.1 Å². The van der Waals surface area contributed by atoms with Gasteiger partial charge in [-0.25, -0.2) is 4.98 Å². The molecule has 1 N–H and O–H groups in total. The molecule has 0 spiro atoms. The summed E-state index contributed by atoms with van der Waals surface area (Å²) in [6.45, 7) is 3.98. The fourth-order valence-corrected chi connectivity index (χ4v) is 2.66. The first kappa shape index (κ1) is 15.4. The molecule has 0 unspecified atom stereocenters. The molecule has 1 heterocycles. The van der Waals surface area contributed by atoms with Gasteiger partial charge in [0.15, 0.2) is 5.13 Å². The highest BCUT2D eigenvalue weighted by Crippen LogP contribution is 2.26. The molecule has 2 aromatic rings. The second kappa shape index (κ2) is 6.19. The molecule has 0 fully saturated rings. The van der Waals surface area contributed by atoms with Crippen molar-refractivity contribution in [2.24, 2.45) is 0 Å². The monoisotopic (exact) mass is 325 g/mol. The quantitative estimate of drug-likeness (QED) is 0.678. The third-order valence-electron chi connectivity index (χ3n) is 2.73. The van der Waals surface area contributed by atoms with Crippen molar-refractivity contribution in [3.63, 3.8) is 0 Å². The highest BCUT2D eigenvalue weighted by molar-refractivity contribution is 7.14. The molecular formula is C13H12ClN3O3S. The van der Waals surface area contributed by atoms with Crippen molar-refractivity contribution in [2.45, 2.75) is 19.8 Å².